The zero-order chi connectivity index (χ0) is 18.5. The molecule has 27 heavy (non-hydrogen) atoms. The lowest BCUT2D eigenvalue weighted by atomic mass is 10.0. The molecule has 0 aromatic carbocycles. The molecule has 9 heteroatoms. The molecule has 4 rings (SSSR count). The number of piperazine rings is 1. The highest BCUT2D eigenvalue weighted by atomic mass is 16.5. The fraction of sp³-hybridized carbons (Fsp3) is 0.556. The number of nitrogens with zero attached hydrogens (tertiary/aromatic N) is 6. The molecule has 2 aromatic rings. The molecule has 4 heterocycles. The fourth-order valence-corrected chi connectivity index (χ4v) is 3.43. The molecule has 2 aromatic heterocycles. The summed E-state index contributed by atoms with van der Waals surface area (Å²) in [6, 6.07) is 3.91. The van der Waals surface area contributed by atoms with Crippen LogP contribution in [0.5, 0.6) is 0 Å². The van der Waals surface area contributed by atoms with Gasteiger partial charge in [-0.2, -0.15) is 4.98 Å². The third kappa shape index (κ3) is 4.25. The molecule has 0 bridgehead atoms. The highest BCUT2D eigenvalue weighted by molar-refractivity contribution is 5.47. The maximum atomic E-state index is 9.10. The third-order valence-electron chi connectivity index (χ3n) is 4.91. The Morgan fingerprint density at radius 3 is 2.59 bits per heavy atom. The number of hydrogen-bond donors (Lipinski definition) is 2. The molecule has 9 nitrogen and oxygen atoms in total. The molecule has 0 amide bonds. The van der Waals surface area contributed by atoms with E-state index in [2.05, 4.69) is 41.1 Å². The summed E-state index contributed by atoms with van der Waals surface area (Å²) in [4.78, 5) is 22.4. The van der Waals surface area contributed by atoms with E-state index in [0.29, 0.717) is 25.0 Å². The second kappa shape index (κ2) is 8.45. The van der Waals surface area contributed by atoms with Crippen molar-refractivity contribution in [3.8, 4) is 0 Å². The van der Waals surface area contributed by atoms with Gasteiger partial charge in [-0.1, -0.05) is 0 Å². The molecule has 0 radical (unpaired) electrons. The van der Waals surface area contributed by atoms with Gasteiger partial charge < -0.3 is 25.0 Å². The number of hydrogen-bond acceptors (Lipinski definition) is 9. The second-order valence-corrected chi connectivity index (χ2v) is 6.71. The number of anilines is 3. The summed E-state index contributed by atoms with van der Waals surface area (Å²) in [6.07, 6.45) is 4.53. The summed E-state index contributed by atoms with van der Waals surface area (Å²) < 4.78 is 5.53. The normalized spacial score (nSPS) is 20.1. The number of aliphatic hydroxyl groups excluding tert-OH is 1. The predicted molar refractivity (Wildman–Crippen MR) is 102 cm³/mol. The van der Waals surface area contributed by atoms with Gasteiger partial charge in [-0.05, 0) is 12.5 Å². The van der Waals surface area contributed by atoms with Crippen LogP contribution < -0.4 is 15.1 Å². The first kappa shape index (κ1) is 17.9. The molecule has 1 atom stereocenters. The van der Waals surface area contributed by atoms with Crippen LogP contribution in [0, 0.1) is 0 Å². The Morgan fingerprint density at radius 2 is 1.89 bits per heavy atom. The van der Waals surface area contributed by atoms with Gasteiger partial charge in [-0.15, -0.1) is 0 Å². The van der Waals surface area contributed by atoms with Gasteiger partial charge in [0.2, 0.25) is 11.9 Å². The van der Waals surface area contributed by atoms with E-state index in [1.807, 2.05) is 6.07 Å². The first-order valence-corrected chi connectivity index (χ1v) is 9.42. The molecule has 0 aliphatic carbocycles. The van der Waals surface area contributed by atoms with E-state index < -0.39 is 0 Å². The molecule has 2 saturated heterocycles. The van der Waals surface area contributed by atoms with Crippen LogP contribution >= 0.6 is 0 Å². The number of ether oxygens (including phenoxy) is 1. The van der Waals surface area contributed by atoms with Crippen molar-refractivity contribution in [2.24, 2.45) is 0 Å². The van der Waals surface area contributed by atoms with Crippen molar-refractivity contribution in [3.63, 3.8) is 0 Å². The van der Waals surface area contributed by atoms with E-state index in [0.717, 1.165) is 56.7 Å². The number of aromatic nitrogens is 4. The Labute approximate surface area is 158 Å². The van der Waals surface area contributed by atoms with Gasteiger partial charge in [0, 0.05) is 63.7 Å². The van der Waals surface area contributed by atoms with Crippen molar-refractivity contribution in [3.05, 3.63) is 30.2 Å². The molecule has 2 aliphatic heterocycles. The van der Waals surface area contributed by atoms with Crippen molar-refractivity contribution in [2.75, 3.05) is 67.7 Å². The summed E-state index contributed by atoms with van der Waals surface area (Å²) in [7, 11) is 0. The van der Waals surface area contributed by atoms with Gasteiger partial charge in [0.15, 0.2) is 0 Å². The van der Waals surface area contributed by atoms with Crippen molar-refractivity contribution < 1.29 is 9.84 Å². The summed E-state index contributed by atoms with van der Waals surface area (Å²) in [5, 5.41) is 12.2. The van der Waals surface area contributed by atoms with E-state index in [1.54, 1.807) is 12.4 Å². The Kier molecular flexibility index (Phi) is 5.59. The molecule has 0 saturated carbocycles. The monoisotopic (exact) mass is 371 g/mol. The maximum absolute atomic E-state index is 9.10. The molecule has 2 N–H and O–H groups in total. The van der Waals surface area contributed by atoms with E-state index in [9.17, 15) is 0 Å². The number of nitrogens with one attached hydrogen (secondary N) is 1. The second-order valence-electron chi connectivity index (χ2n) is 6.71. The van der Waals surface area contributed by atoms with Gasteiger partial charge >= 0.3 is 0 Å². The SMILES string of the molecule is OCCNc1nc([C@@H]2CCOC2)cc(N2CCN(c3ncccn3)CC2)n1. The molecule has 2 fully saturated rings. The predicted octanol–water partition coefficient (Wildman–Crippen LogP) is 0.501. The molecule has 2 aliphatic rings. The Bertz CT molecular complexity index is 732. The largest absolute Gasteiger partial charge is 0.395 e. The quantitative estimate of drug-likeness (QED) is 0.752. The van der Waals surface area contributed by atoms with Crippen LogP contribution in [0.4, 0.5) is 17.7 Å². The number of aliphatic hydroxyl groups is 1. The lowest BCUT2D eigenvalue weighted by molar-refractivity contribution is 0.193. The summed E-state index contributed by atoms with van der Waals surface area (Å²) in [5.74, 6) is 2.56. The average molecular weight is 371 g/mol. The lowest BCUT2D eigenvalue weighted by Gasteiger charge is -2.35. The van der Waals surface area contributed by atoms with E-state index in [-0.39, 0.29) is 6.61 Å². The van der Waals surface area contributed by atoms with Gasteiger partial charge in [-0.25, -0.2) is 15.0 Å². The molecular weight excluding hydrogens is 346 g/mol. The van der Waals surface area contributed by atoms with E-state index >= 15 is 0 Å². The van der Waals surface area contributed by atoms with E-state index in [1.165, 1.54) is 0 Å². The zero-order valence-electron chi connectivity index (χ0n) is 15.3. The van der Waals surface area contributed by atoms with Crippen LogP contribution in [-0.2, 0) is 4.74 Å². The van der Waals surface area contributed by atoms with Crippen molar-refractivity contribution in [2.45, 2.75) is 12.3 Å². The Morgan fingerprint density at radius 1 is 1.11 bits per heavy atom. The van der Waals surface area contributed by atoms with Crippen LogP contribution in [0.2, 0.25) is 0 Å². The smallest absolute Gasteiger partial charge is 0.225 e. The Hall–Kier alpha value is -2.52. The van der Waals surface area contributed by atoms with Gasteiger partial charge in [0.1, 0.15) is 5.82 Å². The van der Waals surface area contributed by atoms with Crippen LogP contribution in [0.1, 0.15) is 18.0 Å². The van der Waals surface area contributed by atoms with Crippen LogP contribution in [-0.4, -0.2) is 77.6 Å². The third-order valence-corrected chi connectivity index (χ3v) is 4.91. The standard InChI is InChI=1S/C18H25N7O2/c26-10-5-19-17-22-15(14-2-11-27-13-14)12-16(23-17)24-6-8-25(9-7-24)18-20-3-1-4-21-18/h1,3-4,12,14,26H,2,5-11,13H2,(H,19,22,23)/t14-/m1/s1. The minimum Gasteiger partial charge on any atom is -0.395 e. The summed E-state index contributed by atoms with van der Waals surface area (Å²) >= 11 is 0. The number of rotatable bonds is 6. The van der Waals surface area contributed by atoms with Crippen molar-refractivity contribution in [1.82, 2.24) is 19.9 Å². The molecular formula is C18H25N7O2. The highest BCUT2D eigenvalue weighted by Gasteiger charge is 2.24. The summed E-state index contributed by atoms with van der Waals surface area (Å²) in [6.45, 7) is 5.33. The molecule has 0 unspecified atom stereocenters. The highest BCUT2D eigenvalue weighted by Crippen LogP contribution is 2.27. The van der Waals surface area contributed by atoms with Crippen molar-refractivity contribution >= 4 is 17.7 Å². The van der Waals surface area contributed by atoms with Crippen molar-refractivity contribution in [1.29, 1.82) is 0 Å². The Balaban J connectivity index is 1.49. The lowest BCUT2D eigenvalue weighted by Crippen LogP contribution is -2.47. The van der Waals surface area contributed by atoms with E-state index in [4.69, 9.17) is 9.84 Å². The topological polar surface area (TPSA) is 99.5 Å². The van der Waals surface area contributed by atoms with Crippen LogP contribution in [0.15, 0.2) is 24.5 Å². The van der Waals surface area contributed by atoms with Gasteiger partial charge in [0.05, 0.1) is 18.9 Å². The average Bonchev–Trinajstić information content (AvgIpc) is 3.28. The fourth-order valence-electron chi connectivity index (χ4n) is 3.43. The first-order chi connectivity index (χ1) is 13.3. The summed E-state index contributed by atoms with van der Waals surface area (Å²) in [5.41, 5.74) is 1.01. The first-order valence-electron chi connectivity index (χ1n) is 9.42. The maximum Gasteiger partial charge on any atom is 0.225 e. The van der Waals surface area contributed by atoms with Gasteiger partial charge in [-0.3, -0.25) is 0 Å². The van der Waals surface area contributed by atoms with Crippen LogP contribution in [0.25, 0.3) is 0 Å². The zero-order valence-corrected chi connectivity index (χ0v) is 15.3. The van der Waals surface area contributed by atoms with Crippen LogP contribution in [0.3, 0.4) is 0 Å². The minimum absolute atomic E-state index is 0.0468. The van der Waals surface area contributed by atoms with Gasteiger partial charge in [0.25, 0.3) is 0 Å². The molecule has 144 valence electrons. The minimum atomic E-state index is 0.0468. The molecule has 0 spiro atoms.